The highest BCUT2D eigenvalue weighted by atomic mass is 16.5. The molecule has 0 unspecified atom stereocenters. The van der Waals surface area contributed by atoms with Crippen molar-refractivity contribution in [2.24, 2.45) is 0 Å². The van der Waals surface area contributed by atoms with E-state index in [1.807, 2.05) is 41.2 Å². The molecule has 21 heavy (non-hydrogen) atoms. The minimum Gasteiger partial charge on any atom is -0.497 e. The molecule has 6 heteroatoms. The van der Waals surface area contributed by atoms with Crippen LogP contribution < -0.4 is 15.4 Å². The minimum atomic E-state index is -0.168. The molecule has 2 N–H and O–H groups in total. The van der Waals surface area contributed by atoms with Gasteiger partial charge >= 0.3 is 6.03 Å². The number of hydrogen-bond donors (Lipinski definition) is 2. The Morgan fingerprint density at radius 3 is 3.00 bits per heavy atom. The smallest absolute Gasteiger partial charge is 0.315 e. The molecule has 112 valence electrons. The van der Waals surface area contributed by atoms with Gasteiger partial charge in [-0.25, -0.2) is 4.79 Å². The van der Waals surface area contributed by atoms with E-state index in [-0.39, 0.29) is 6.03 Å². The number of urea groups is 1. The normalized spacial score (nSPS) is 10.1. The lowest BCUT2D eigenvalue weighted by atomic mass is 10.2. The second-order valence-electron chi connectivity index (χ2n) is 4.58. The molecule has 0 radical (unpaired) electrons. The molecule has 0 saturated heterocycles. The Labute approximate surface area is 124 Å². The molecule has 0 aliphatic rings. The van der Waals surface area contributed by atoms with Crippen LogP contribution in [0, 0.1) is 0 Å². The SMILES string of the molecule is COc1cccc(CNC(=O)NCCCn2cccn2)c1. The fraction of sp³-hybridized carbons (Fsp3) is 0.333. The van der Waals surface area contributed by atoms with Crippen LogP contribution in [0.15, 0.2) is 42.7 Å². The van der Waals surface area contributed by atoms with E-state index in [1.165, 1.54) is 0 Å². The van der Waals surface area contributed by atoms with Crippen LogP contribution in [-0.4, -0.2) is 29.5 Å². The fourth-order valence-corrected chi connectivity index (χ4v) is 1.90. The number of ether oxygens (including phenoxy) is 1. The van der Waals surface area contributed by atoms with Crippen molar-refractivity contribution in [3.63, 3.8) is 0 Å². The van der Waals surface area contributed by atoms with Crippen LogP contribution >= 0.6 is 0 Å². The molecule has 1 aromatic heterocycles. The molecule has 0 aliphatic carbocycles. The highest BCUT2D eigenvalue weighted by Crippen LogP contribution is 2.11. The number of carbonyl (C=O) groups excluding carboxylic acids is 1. The summed E-state index contributed by atoms with van der Waals surface area (Å²) in [6, 6.07) is 9.34. The van der Waals surface area contributed by atoms with E-state index >= 15 is 0 Å². The third kappa shape index (κ3) is 5.18. The van der Waals surface area contributed by atoms with Crippen LogP contribution in [0.3, 0.4) is 0 Å². The zero-order valence-electron chi connectivity index (χ0n) is 12.1. The molecular formula is C15H20N4O2. The number of hydrogen-bond acceptors (Lipinski definition) is 3. The number of methoxy groups -OCH3 is 1. The summed E-state index contributed by atoms with van der Waals surface area (Å²) in [5.74, 6) is 0.786. The van der Waals surface area contributed by atoms with Crippen molar-refractivity contribution in [2.75, 3.05) is 13.7 Å². The van der Waals surface area contributed by atoms with Gasteiger partial charge in [0.1, 0.15) is 5.75 Å². The van der Waals surface area contributed by atoms with E-state index in [9.17, 15) is 4.79 Å². The van der Waals surface area contributed by atoms with Gasteiger partial charge in [0.15, 0.2) is 0 Å². The first-order valence-electron chi connectivity index (χ1n) is 6.90. The van der Waals surface area contributed by atoms with Gasteiger partial charge in [-0.3, -0.25) is 4.68 Å². The van der Waals surface area contributed by atoms with E-state index < -0.39 is 0 Å². The molecule has 0 fully saturated rings. The second-order valence-corrected chi connectivity index (χ2v) is 4.58. The Hall–Kier alpha value is -2.50. The first kappa shape index (κ1) is 14.9. The van der Waals surface area contributed by atoms with Crippen molar-refractivity contribution in [3.8, 4) is 5.75 Å². The average Bonchev–Trinajstić information content (AvgIpc) is 3.03. The molecule has 0 atom stereocenters. The van der Waals surface area contributed by atoms with Crippen molar-refractivity contribution >= 4 is 6.03 Å². The van der Waals surface area contributed by atoms with Crippen molar-refractivity contribution < 1.29 is 9.53 Å². The number of rotatable bonds is 7. The Kier molecular flexibility index (Phi) is 5.63. The van der Waals surface area contributed by atoms with Gasteiger partial charge in [0.2, 0.25) is 0 Å². The molecule has 1 aromatic carbocycles. The fourth-order valence-electron chi connectivity index (χ4n) is 1.90. The van der Waals surface area contributed by atoms with Gasteiger partial charge in [-0.2, -0.15) is 5.10 Å². The Balaban J connectivity index is 1.62. The maximum Gasteiger partial charge on any atom is 0.315 e. The topological polar surface area (TPSA) is 68.2 Å². The maximum atomic E-state index is 11.7. The maximum absolute atomic E-state index is 11.7. The lowest BCUT2D eigenvalue weighted by Crippen LogP contribution is -2.35. The van der Waals surface area contributed by atoms with Crippen LogP contribution in [0.25, 0.3) is 0 Å². The monoisotopic (exact) mass is 288 g/mol. The van der Waals surface area contributed by atoms with E-state index in [2.05, 4.69) is 15.7 Å². The van der Waals surface area contributed by atoms with E-state index in [1.54, 1.807) is 13.3 Å². The number of nitrogens with one attached hydrogen (secondary N) is 2. The predicted molar refractivity (Wildman–Crippen MR) is 80.1 cm³/mol. The van der Waals surface area contributed by atoms with Gasteiger partial charge < -0.3 is 15.4 Å². The van der Waals surface area contributed by atoms with Crippen LogP contribution in [0.5, 0.6) is 5.75 Å². The molecule has 1 heterocycles. The van der Waals surface area contributed by atoms with Crippen molar-refractivity contribution in [1.82, 2.24) is 20.4 Å². The van der Waals surface area contributed by atoms with Gasteiger partial charge in [0.05, 0.1) is 7.11 Å². The average molecular weight is 288 g/mol. The lowest BCUT2D eigenvalue weighted by molar-refractivity contribution is 0.240. The van der Waals surface area contributed by atoms with Gasteiger partial charge in [-0.1, -0.05) is 12.1 Å². The summed E-state index contributed by atoms with van der Waals surface area (Å²) < 4.78 is 6.98. The number of nitrogens with zero attached hydrogens (tertiary/aromatic N) is 2. The van der Waals surface area contributed by atoms with Gasteiger partial charge in [-0.15, -0.1) is 0 Å². The zero-order chi connectivity index (χ0) is 14.9. The van der Waals surface area contributed by atoms with Crippen molar-refractivity contribution in [1.29, 1.82) is 0 Å². The largest absolute Gasteiger partial charge is 0.497 e. The Bertz CT molecular complexity index is 555. The highest BCUT2D eigenvalue weighted by Gasteiger charge is 2.01. The molecule has 0 spiro atoms. The minimum absolute atomic E-state index is 0.168. The Morgan fingerprint density at radius 2 is 2.24 bits per heavy atom. The summed E-state index contributed by atoms with van der Waals surface area (Å²) in [5, 5.41) is 9.74. The summed E-state index contributed by atoms with van der Waals surface area (Å²) in [6.45, 7) is 1.88. The van der Waals surface area contributed by atoms with Gasteiger partial charge in [-0.05, 0) is 30.2 Å². The predicted octanol–water partition coefficient (Wildman–Crippen LogP) is 1.78. The molecule has 0 bridgehead atoms. The molecule has 0 aliphatic heterocycles. The zero-order valence-corrected chi connectivity index (χ0v) is 12.1. The number of carbonyl (C=O) groups is 1. The number of aryl methyl sites for hydroxylation is 1. The van der Waals surface area contributed by atoms with E-state index in [0.29, 0.717) is 13.1 Å². The number of benzene rings is 1. The van der Waals surface area contributed by atoms with E-state index in [0.717, 1.165) is 24.3 Å². The molecule has 2 aromatic rings. The third-order valence-electron chi connectivity index (χ3n) is 3.00. The van der Waals surface area contributed by atoms with Gasteiger partial charge in [0.25, 0.3) is 0 Å². The number of amides is 2. The molecule has 6 nitrogen and oxygen atoms in total. The molecular weight excluding hydrogens is 268 g/mol. The highest BCUT2D eigenvalue weighted by molar-refractivity contribution is 5.73. The molecule has 2 amide bonds. The van der Waals surface area contributed by atoms with Crippen LogP contribution in [-0.2, 0) is 13.1 Å². The van der Waals surface area contributed by atoms with Crippen molar-refractivity contribution in [3.05, 3.63) is 48.3 Å². The Morgan fingerprint density at radius 1 is 1.33 bits per heavy atom. The van der Waals surface area contributed by atoms with Crippen LogP contribution in [0.1, 0.15) is 12.0 Å². The lowest BCUT2D eigenvalue weighted by Gasteiger charge is -2.08. The first-order chi connectivity index (χ1) is 10.3. The van der Waals surface area contributed by atoms with Crippen LogP contribution in [0.4, 0.5) is 4.79 Å². The molecule has 2 rings (SSSR count). The summed E-state index contributed by atoms with van der Waals surface area (Å²) in [5.41, 5.74) is 1.00. The summed E-state index contributed by atoms with van der Waals surface area (Å²) in [7, 11) is 1.62. The second kappa shape index (κ2) is 7.94. The summed E-state index contributed by atoms with van der Waals surface area (Å²) in [4.78, 5) is 11.7. The first-order valence-corrected chi connectivity index (χ1v) is 6.90. The summed E-state index contributed by atoms with van der Waals surface area (Å²) >= 11 is 0. The van der Waals surface area contributed by atoms with Gasteiger partial charge in [0, 0.05) is 32.0 Å². The standard InChI is InChI=1S/C15H20N4O2/c1-21-14-6-2-5-13(11-14)12-17-15(20)16-7-3-9-19-10-4-8-18-19/h2,4-6,8,10-11H,3,7,9,12H2,1H3,(H2,16,17,20). The van der Waals surface area contributed by atoms with Crippen molar-refractivity contribution in [2.45, 2.75) is 19.5 Å². The molecule has 0 saturated carbocycles. The number of aromatic nitrogens is 2. The van der Waals surface area contributed by atoms with Crippen LogP contribution in [0.2, 0.25) is 0 Å². The third-order valence-corrected chi connectivity index (χ3v) is 3.00. The van der Waals surface area contributed by atoms with E-state index in [4.69, 9.17) is 4.74 Å². The quantitative estimate of drug-likeness (QED) is 0.763. The summed E-state index contributed by atoms with van der Waals surface area (Å²) in [6.07, 6.45) is 4.49.